The summed E-state index contributed by atoms with van der Waals surface area (Å²) in [5.41, 5.74) is 0. The fourth-order valence-electron chi connectivity index (χ4n) is 1.70. The number of allylic oxidation sites excluding steroid dienone is 3. The van der Waals surface area contributed by atoms with E-state index >= 15 is 0 Å². The third-order valence-corrected chi connectivity index (χ3v) is 4.67. The lowest BCUT2D eigenvalue weighted by atomic mass is 10.2. The fourth-order valence-corrected chi connectivity index (χ4v) is 3.18. The SMILES string of the molecule is CCCCC=CP(C=CCCCC)C=CCCCC. The minimum absolute atomic E-state index is 0.152. The molecule has 0 heterocycles. The second kappa shape index (κ2) is 15.7. The van der Waals surface area contributed by atoms with Crippen LogP contribution < -0.4 is 0 Å². The van der Waals surface area contributed by atoms with Crippen molar-refractivity contribution in [2.75, 3.05) is 0 Å². The molecule has 0 nitrogen and oxygen atoms in total. The maximum Gasteiger partial charge on any atom is -0.0347 e. The molecule has 19 heavy (non-hydrogen) atoms. The maximum atomic E-state index is 2.43. The van der Waals surface area contributed by atoms with Crippen LogP contribution in [-0.4, -0.2) is 0 Å². The molecule has 1 heteroatoms. The smallest absolute Gasteiger partial charge is 0.0347 e. The Kier molecular flexibility index (Phi) is 15.4. The number of unbranched alkanes of at least 4 members (excludes halogenated alkanes) is 6. The third kappa shape index (κ3) is 13.9. The van der Waals surface area contributed by atoms with E-state index in [0.29, 0.717) is 0 Å². The Morgan fingerprint density at radius 1 is 0.579 bits per heavy atom. The molecule has 0 aromatic carbocycles. The predicted molar refractivity (Wildman–Crippen MR) is 92.9 cm³/mol. The molecule has 0 bridgehead atoms. The molecule has 0 amide bonds. The van der Waals surface area contributed by atoms with E-state index in [1.807, 2.05) is 0 Å². The van der Waals surface area contributed by atoms with Crippen LogP contribution in [-0.2, 0) is 0 Å². The average molecular weight is 280 g/mol. The highest BCUT2D eigenvalue weighted by atomic mass is 31.1. The molecule has 0 radical (unpaired) electrons. The summed E-state index contributed by atoms with van der Waals surface area (Å²) in [6, 6.07) is 0. The first-order valence-electron chi connectivity index (χ1n) is 8.12. The molecule has 0 aliphatic carbocycles. The Bertz CT molecular complexity index is 208. The molecule has 0 spiro atoms. The standard InChI is InChI=1S/C18H33P/c1-4-7-10-13-16-19(17-14-11-8-5-2)18-15-12-9-6-3/h13-18H,4-12H2,1-3H3. The minimum Gasteiger partial charge on any atom is -0.0835 e. The molecule has 0 aromatic rings. The van der Waals surface area contributed by atoms with Gasteiger partial charge >= 0.3 is 0 Å². The van der Waals surface area contributed by atoms with Crippen LogP contribution in [0, 0.1) is 0 Å². The maximum absolute atomic E-state index is 2.43. The molecule has 0 aliphatic heterocycles. The first-order valence-corrected chi connectivity index (χ1v) is 9.67. The predicted octanol–water partition coefficient (Wildman–Crippen LogP) is 7.58. The van der Waals surface area contributed by atoms with Crippen molar-refractivity contribution in [1.82, 2.24) is 0 Å². The van der Waals surface area contributed by atoms with Gasteiger partial charge in [-0.15, -0.1) is 0 Å². The van der Waals surface area contributed by atoms with Crippen molar-refractivity contribution < 1.29 is 0 Å². The molecule has 0 N–H and O–H groups in total. The van der Waals surface area contributed by atoms with E-state index in [2.05, 4.69) is 56.5 Å². The van der Waals surface area contributed by atoms with Crippen LogP contribution in [0.25, 0.3) is 0 Å². The van der Waals surface area contributed by atoms with Crippen LogP contribution in [0.1, 0.15) is 78.6 Å². The Balaban J connectivity index is 4.16. The highest BCUT2D eigenvalue weighted by Crippen LogP contribution is 2.41. The molecule has 0 aromatic heterocycles. The zero-order valence-electron chi connectivity index (χ0n) is 13.3. The van der Waals surface area contributed by atoms with Crippen LogP contribution >= 0.6 is 7.92 Å². The largest absolute Gasteiger partial charge is 0.0835 e. The lowest BCUT2D eigenvalue weighted by Crippen LogP contribution is -1.69. The van der Waals surface area contributed by atoms with Crippen molar-refractivity contribution in [2.45, 2.75) is 78.6 Å². The molecule has 0 atom stereocenters. The van der Waals surface area contributed by atoms with Gasteiger partial charge in [-0.2, -0.15) is 0 Å². The molecule has 0 saturated carbocycles. The average Bonchev–Trinajstić information content (AvgIpc) is 2.43. The van der Waals surface area contributed by atoms with Gasteiger partial charge in [-0.25, -0.2) is 0 Å². The van der Waals surface area contributed by atoms with Gasteiger partial charge < -0.3 is 0 Å². The van der Waals surface area contributed by atoms with E-state index in [9.17, 15) is 0 Å². The lowest BCUT2D eigenvalue weighted by Gasteiger charge is -2.02. The summed E-state index contributed by atoms with van der Waals surface area (Å²) in [6.07, 6.45) is 18.7. The Labute approximate surface area is 122 Å². The van der Waals surface area contributed by atoms with Crippen LogP contribution in [0.4, 0.5) is 0 Å². The van der Waals surface area contributed by atoms with E-state index in [0.717, 1.165) is 0 Å². The molecule has 0 rings (SSSR count). The van der Waals surface area contributed by atoms with Crippen molar-refractivity contribution in [3.63, 3.8) is 0 Å². The van der Waals surface area contributed by atoms with Crippen molar-refractivity contribution >= 4 is 7.92 Å². The van der Waals surface area contributed by atoms with Crippen LogP contribution in [0.3, 0.4) is 0 Å². The van der Waals surface area contributed by atoms with Crippen molar-refractivity contribution in [3.05, 3.63) is 35.7 Å². The van der Waals surface area contributed by atoms with Crippen LogP contribution in [0.15, 0.2) is 35.7 Å². The number of rotatable bonds is 12. The number of hydrogen-bond acceptors (Lipinski definition) is 0. The first kappa shape index (κ1) is 18.7. The zero-order chi connectivity index (χ0) is 14.2. The summed E-state index contributed by atoms with van der Waals surface area (Å²) in [6.45, 7) is 6.77. The monoisotopic (exact) mass is 280 g/mol. The van der Waals surface area contributed by atoms with Crippen LogP contribution in [0.2, 0.25) is 0 Å². The van der Waals surface area contributed by atoms with Gasteiger partial charge in [0.2, 0.25) is 0 Å². The summed E-state index contributed by atoms with van der Waals surface area (Å²) >= 11 is 0. The van der Waals surface area contributed by atoms with E-state index in [-0.39, 0.29) is 7.92 Å². The summed E-state index contributed by atoms with van der Waals surface area (Å²) in [5, 5.41) is 0. The highest BCUT2D eigenvalue weighted by Gasteiger charge is 1.93. The van der Waals surface area contributed by atoms with Gasteiger partial charge in [0.1, 0.15) is 0 Å². The fraction of sp³-hybridized carbons (Fsp3) is 0.667. The summed E-state index contributed by atoms with van der Waals surface area (Å²) in [7, 11) is -0.152. The van der Waals surface area contributed by atoms with Gasteiger partial charge in [0.25, 0.3) is 0 Å². The second-order valence-electron chi connectivity index (χ2n) is 5.03. The Morgan fingerprint density at radius 3 is 1.16 bits per heavy atom. The van der Waals surface area contributed by atoms with Crippen molar-refractivity contribution in [1.29, 1.82) is 0 Å². The van der Waals surface area contributed by atoms with Gasteiger partial charge in [0.15, 0.2) is 0 Å². The van der Waals surface area contributed by atoms with E-state index in [1.54, 1.807) is 0 Å². The molecule has 0 saturated heterocycles. The summed E-state index contributed by atoms with van der Waals surface area (Å²) in [4.78, 5) is 0. The van der Waals surface area contributed by atoms with Gasteiger partial charge in [-0.3, -0.25) is 0 Å². The van der Waals surface area contributed by atoms with E-state index < -0.39 is 0 Å². The molecule has 0 aliphatic rings. The normalized spacial score (nSPS) is 14.1. The van der Waals surface area contributed by atoms with E-state index in [1.165, 1.54) is 57.8 Å². The van der Waals surface area contributed by atoms with Gasteiger partial charge in [0.05, 0.1) is 0 Å². The van der Waals surface area contributed by atoms with Crippen molar-refractivity contribution in [3.8, 4) is 0 Å². The Hall–Kier alpha value is -0.350. The quantitative estimate of drug-likeness (QED) is 0.255. The zero-order valence-corrected chi connectivity index (χ0v) is 14.2. The van der Waals surface area contributed by atoms with Gasteiger partial charge in [-0.1, -0.05) is 95.0 Å². The van der Waals surface area contributed by atoms with Gasteiger partial charge in [0, 0.05) is 0 Å². The van der Waals surface area contributed by atoms with E-state index in [4.69, 9.17) is 0 Å². The summed E-state index contributed by atoms with van der Waals surface area (Å²) < 4.78 is 0. The molecular weight excluding hydrogens is 247 g/mol. The van der Waals surface area contributed by atoms with Gasteiger partial charge in [-0.05, 0) is 27.2 Å². The topological polar surface area (TPSA) is 0 Å². The lowest BCUT2D eigenvalue weighted by molar-refractivity contribution is 0.814. The molecule has 0 fully saturated rings. The second-order valence-corrected chi connectivity index (χ2v) is 6.82. The molecular formula is C18H33P. The van der Waals surface area contributed by atoms with Crippen LogP contribution in [0.5, 0.6) is 0 Å². The molecule has 0 unspecified atom stereocenters. The number of hydrogen-bond donors (Lipinski definition) is 0. The summed E-state index contributed by atoms with van der Waals surface area (Å²) in [5.74, 6) is 7.28. The minimum atomic E-state index is -0.152. The highest BCUT2D eigenvalue weighted by molar-refractivity contribution is 7.67. The first-order chi connectivity index (χ1) is 9.35. The Morgan fingerprint density at radius 2 is 0.895 bits per heavy atom. The van der Waals surface area contributed by atoms with Crippen molar-refractivity contribution in [2.24, 2.45) is 0 Å². The molecule has 110 valence electrons. The third-order valence-electron chi connectivity index (χ3n) is 3.01.